The number of carbonyl (C=O) groups is 1. The van der Waals surface area contributed by atoms with Crippen LogP contribution in [0.3, 0.4) is 0 Å². The fourth-order valence-corrected chi connectivity index (χ4v) is 2.59. The van der Waals surface area contributed by atoms with Crippen LogP contribution in [0, 0.1) is 12.4 Å². The molecule has 0 unspecified atom stereocenters. The first-order valence-corrected chi connectivity index (χ1v) is 7.33. The second-order valence-electron chi connectivity index (χ2n) is 5.35. The van der Waals surface area contributed by atoms with Gasteiger partial charge < -0.3 is 14.4 Å². The molecular weight excluding hydrogens is 323 g/mol. The van der Waals surface area contributed by atoms with Gasteiger partial charge in [-0.3, -0.25) is 0 Å². The normalized spacial score (nSPS) is 10.3. The average molecular weight is 336 g/mol. The molecule has 25 heavy (non-hydrogen) atoms. The van der Waals surface area contributed by atoms with Gasteiger partial charge in [-0.05, 0) is 29.8 Å². The molecule has 1 heterocycles. The number of halogens is 1. The Labute approximate surface area is 143 Å². The summed E-state index contributed by atoms with van der Waals surface area (Å²) in [6.45, 7) is 7.25. The highest BCUT2D eigenvalue weighted by molar-refractivity contribution is 5.99. The minimum absolute atomic E-state index is 0.0461. The van der Waals surface area contributed by atoms with E-state index in [0.717, 1.165) is 0 Å². The molecule has 2 aromatic carbocycles. The number of aromatic carboxylic acids is 1. The van der Waals surface area contributed by atoms with Gasteiger partial charge in [-0.1, -0.05) is 18.2 Å². The average Bonchev–Trinajstić information content (AvgIpc) is 2.92. The van der Waals surface area contributed by atoms with Crippen LogP contribution in [0.2, 0.25) is 0 Å². The lowest BCUT2D eigenvalue weighted by atomic mass is 10.0. The number of carboxylic acid groups (broad SMARTS) is 1. The van der Waals surface area contributed by atoms with Crippen molar-refractivity contribution < 1.29 is 19.0 Å². The van der Waals surface area contributed by atoms with E-state index in [-0.39, 0.29) is 11.4 Å². The first kappa shape index (κ1) is 16.3. The lowest BCUT2D eigenvalue weighted by Crippen LogP contribution is -2.05. The van der Waals surface area contributed by atoms with Crippen molar-refractivity contribution in [3.05, 3.63) is 77.7 Å². The molecule has 124 valence electrons. The third-order valence-corrected chi connectivity index (χ3v) is 3.66. The van der Waals surface area contributed by atoms with Crippen LogP contribution in [0.1, 0.15) is 10.5 Å². The van der Waals surface area contributed by atoms with Gasteiger partial charge in [0.25, 0.3) is 0 Å². The molecule has 0 amide bonds. The van der Waals surface area contributed by atoms with Crippen molar-refractivity contribution in [2.45, 2.75) is 0 Å². The minimum Gasteiger partial charge on any atom is -0.477 e. The summed E-state index contributed by atoms with van der Waals surface area (Å²) in [5.74, 6) is -0.661. The smallest absolute Gasteiger partial charge is 0.351 e. The molecule has 3 rings (SSSR count). The van der Waals surface area contributed by atoms with Crippen molar-refractivity contribution in [1.82, 2.24) is 4.57 Å². The highest BCUT2D eigenvalue weighted by Crippen LogP contribution is 2.36. The number of benzene rings is 2. The molecule has 0 spiro atoms. The van der Waals surface area contributed by atoms with Crippen molar-refractivity contribution in [3.8, 4) is 22.6 Å². The van der Waals surface area contributed by atoms with Gasteiger partial charge in [0.1, 0.15) is 23.0 Å². The molecular formula is C19H13FN2O3. The number of aryl methyl sites for hydroxylation is 1. The molecule has 1 N–H and O–H groups in total. The maximum atomic E-state index is 13.2. The Hall–Kier alpha value is -3.59. The van der Waals surface area contributed by atoms with Crippen LogP contribution >= 0.6 is 0 Å². The zero-order valence-electron chi connectivity index (χ0n) is 13.2. The topological polar surface area (TPSA) is 55.8 Å². The summed E-state index contributed by atoms with van der Waals surface area (Å²) in [5.41, 5.74) is 1.27. The Morgan fingerprint density at radius 2 is 1.92 bits per heavy atom. The van der Waals surface area contributed by atoms with E-state index in [0.29, 0.717) is 22.6 Å². The van der Waals surface area contributed by atoms with E-state index in [1.165, 1.54) is 22.9 Å². The summed E-state index contributed by atoms with van der Waals surface area (Å²) in [5, 5.41) is 9.41. The fourth-order valence-electron chi connectivity index (χ4n) is 2.59. The van der Waals surface area contributed by atoms with Gasteiger partial charge in [-0.2, -0.15) is 0 Å². The zero-order valence-corrected chi connectivity index (χ0v) is 13.2. The molecule has 3 aromatic rings. The van der Waals surface area contributed by atoms with E-state index in [2.05, 4.69) is 4.85 Å². The number of rotatable bonds is 4. The molecule has 0 atom stereocenters. The fraction of sp³-hybridized carbons (Fsp3) is 0.0526. The zero-order chi connectivity index (χ0) is 18.0. The number of nitrogens with zero attached hydrogens (tertiary/aromatic N) is 2. The Kier molecular flexibility index (Phi) is 4.23. The largest absolute Gasteiger partial charge is 0.477 e. The number of carboxylic acids is 1. The molecule has 0 aliphatic carbocycles. The van der Waals surface area contributed by atoms with Crippen LogP contribution in [0.15, 0.2) is 54.7 Å². The first-order valence-electron chi connectivity index (χ1n) is 7.33. The van der Waals surface area contributed by atoms with Gasteiger partial charge in [0.2, 0.25) is 5.69 Å². The van der Waals surface area contributed by atoms with Crippen molar-refractivity contribution in [2.24, 2.45) is 7.05 Å². The third-order valence-electron chi connectivity index (χ3n) is 3.66. The summed E-state index contributed by atoms with van der Waals surface area (Å²) in [4.78, 5) is 14.9. The van der Waals surface area contributed by atoms with Crippen molar-refractivity contribution in [1.29, 1.82) is 0 Å². The number of hydrogen-bond acceptors (Lipinski definition) is 2. The standard InChI is InChI=1S/C19H13FN2O3/c1-21-16-11-22(2)18(19(23)24)17(16)12-6-8-14(9-7-12)25-15-5-3-4-13(20)10-15/h3-11H,2H3,(H,23,24). The first-order chi connectivity index (χ1) is 12.0. The van der Waals surface area contributed by atoms with Gasteiger partial charge in [0, 0.05) is 24.9 Å². The summed E-state index contributed by atoms with van der Waals surface area (Å²) in [7, 11) is 1.59. The molecule has 5 nitrogen and oxygen atoms in total. The molecule has 0 bridgehead atoms. The van der Waals surface area contributed by atoms with Crippen LogP contribution < -0.4 is 4.74 Å². The second kappa shape index (κ2) is 6.49. The lowest BCUT2D eigenvalue weighted by Gasteiger charge is -2.08. The maximum Gasteiger partial charge on any atom is 0.351 e. The van der Waals surface area contributed by atoms with Crippen molar-refractivity contribution in [3.63, 3.8) is 0 Å². The molecule has 6 heteroatoms. The summed E-state index contributed by atoms with van der Waals surface area (Å²) in [6, 6.07) is 12.4. The molecule has 0 radical (unpaired) electrons. The van der Waals surface area contributed by atoms with E-state index >= 15 is 0 Å². The highest BCUT2D eigenvalue weighted by Gasteiger charge is 2.21. The quantitative estimate of drug-likeness (QED) is 0.691. The monoisotopic (exact) mass is 336 g/mol. The van der Waals surface area contributed by atoms with Crippen molar-refractivity contribution in [2.75, 3.05) is 0 Å². The Morgan fingerprint density at radius 3 is 2.52 bits per heavy atom. The van der Waals surface area contributed by atoms with E-state index < -0.39 is 11.8 Å². The van der Waals surface area contributed by atoms with Gasteiger partial charge in [0.05, 0.1) is 6.57 Å². The van der Waals surface area contributed by atoms with Crippen molar-refractivity contribution >= 4 is 11.7 Å². The summed E-state index contributed by atoms with van der Waals surface area (Å²) >= 11 is 0. The Bertz CT molecular complexity index is 985. The highest BCUT2D eigenvalue weighted by atomic mass is 19.1. The molecule has 0 fully saturated rings. The van der Waals surface area contributed by atoms with Gasteiger partial charge in [0.15, 0.2) is 0 Å². The predicted molar refractivity (Wildman–Crippen MR) is 90.5 cm³/mol. The molecule has 1 aromatic heterocycles. The van der Waals surface area contributed by atoms with E-state index in [9.17, 15) is 14.3 Å². The molecule has 0 saturated carbocycles. The van der Waals surface area contributed by atoms with E-state index in [1.54, 1.807) is 43.4 Å². The van der Waals surface area contributed by atoms with E-state index in [1.807, 2.05) is 0 Å². The molecule has 0 aliphatic rings. The number of hydrogen-bond donors (Lipinski definition) is 1. The third kappa shape index (κ3) is 3.21. The number of aromatic nitrogens is 1. The maximum absolute atomic E-state index is 13.2. The summed E-state index contributed by atoms with van der Waals surface area (Å²) in [6.07, 6.45) is 1.49. The lowest BCUT2D eigenvalue weighted by molar-refractivity contribution is 0.0687. The molecule has 0 saturated heterocycles. The predicted octanol–water partition coefficient (Wildman–Crippen LogP) is 4.87. The van der Waals surface area contributed by atoms with Crippen LogP contribution in [-0.2, 0) is 7.05 Å². The second-order valence-corrected chi connectivity index (χ2v) is 5.35. The SMILES string of the molecule is [C-]#[N+]c1cn(C)c(C(=O)O)c1-c1ccc(Oc2cccc(F)c2)cc1. The van der Waals surface area contributed by atoms with Crippen LogP contribution in [-0.4, -0.2) is 15.6 Å². The summed E-state index contributed by atoms with van der Waals surface area (Å²) < 4.78 is 20.2. The minimum atomic E-state index is -1.10. The van der Waals surface area contributed by atoms with Gasteiger partial charge >= 0.3 is 5.97 Å². The van der Waals surface area contributed by atoms with Gasteiger partial charge in [-0.25, -0.2) is 14.0 Å². The Morgan fingerprint density at radius 1 is 1.20 bits per heavy atom. The van der Waals surface area contributed by atoms with Gasteiger partial charge in [-0.15, -0.1) is 0 Å². The van der Waals surface area contributed by atoms with Crippen LogP contribution in [0.25, 0.3) is 16.0 Å². The van der Waals surface area contributed by atoms with E-state index in [4.69, 9.17) is 11.3 Å². The molecule has 0 aliphatic heterocycles. The van der Waals surface area contributed by atoms with Crippen LogP contribution in [0.4, 0.5) is 10.1 Å². The Balaban J connectivity index is 1.96. The van der Waals surface area contributed by atoms with Crippen LogP contribution in [0.5, 0.6) is 11.5 Å². The number of ether oxygens (including phenoxy) is 1.